The normalized spacial score (nSPS) is 15.5. The molecule has 27 heavy (non-hydrogen) atoms. The van der Waals surface area contributed by atoms with Gasteiger partial charge in [-0.2, -0.15) is 0 Å². The van der Waals surface area contributed by atoms with Crippen molar-refractivity contribution in [3.05, 3.63) is 69.7 Å². The van der Waals surface area contributed by atoms with Crippen LogP contribution in [0.5, 0.6) is 0 Å². The zero-order valence-corrected chi connectivity index (χ0v) is 16.2. The van der Waals surface area contributed by atoms with Crippen LogP contribution in [0.25, 0.3) is 0 Å². The monoisotopic (exact) mass is 385 g/mol. The van der Waals surface area contributed by atoms with Crippen LogP contribution in [0, 0.1) is 5.92 Å². The molecular weight excluding hydrogens is 362 g/mol. The van der Waals surface area contributed by atoms with Crippen molar-refractivity contribution in [3.63, 3.8) is 0 Å². The van der Waals surface area contributed by atoms with Gasteiger partial charge in [0.05, 0.1) is 18.6 Å². The van der Waals surface area contributed by atoms with E-state index in [4.69, 9.17) is 16.3 Å². The highest BCUT2D eigenvalue weighted by atomic mass is 35.5. The van der Waals surface area contributed by atoms with E-state index in [9.17, 15) is 9.59 Å². The molecule has 142 valence electrons. The number of hydrogen-bond donors (Lipinski definition) is 1. The van der Waals surface area contributed by atoms with Gasteiger partial charge in [0.25, 0.3) is 5.91 Å². The van der Waals surface area contributed by atoms with Crippen molar-refractivity contribution >= 4 is 23.8 Å². The number of hydrogen-bond acceptors (Lipinski definition) is 3. The average molecular weight is 386 g/mol. The fraction of sp³-hybridized carbons (Fsp3) is 0.364. The second-order valence-electron chi connectivity index (χ2n) is 6.91. The van der Waals surface area contributed by atoms with E-state index in [-0.39, 0.29) is 12.5 Å². The Bertz CT molecular complexity index is 821. The van der Waals surface area contributed by atoms with Gasteiger partial charge < -0.3 is 14.8 Å². The Morgan fingerprint density at radius 3 is 2.74 bits per heavy atom. The third kappa shape index (κ3) is 4.57. The predicted octanol–water partition coefficient (Wildman–Crippen LogP) is 4.15. The lowest BCUT2D eigenvalue weighted by Crippen LogP contribution is -2.36. The van der Waals surface area contributed by atoms with Crippen LogP contribution >= 0.6 is 11.6 Å². The number of halogens is 1. The van der Waals surface area contributed by atoms with Gasteiger partial charge in [0.1, 0.15) is 6.29 Å². The van der Waals surface area contributed by atoms with Crippen molar-refractivity contribution in [1.29, 1.82) is 0 Å². The number of methoxy groups -OCH3 is 1. The van der Waals surface area contributed by atoms with Crippen LogP contribution < -0.4 is 5.32 Å². The van der Waals surface area contributed by atoms with Gasteiger partial charge in [-0.15, -0.1) is 0 Å². The maximum absolute atomic E-state index is 13.1. The molecule has 0 spiro atoms. The first-order valence-electron chi connectivity index (χ1n) is 9.25. The van der Waals surface area contributed by atoms with Crippen molar-refractivity contribution in [2.24, 2.45) is 5.92 Å². The van der Waals surface area contributed by atoms with Crippen molar-refractivity contribution in [2.75, 3.05) is 13.7 Å². The van der Waals surface area contributed by atoms with Gasteiger partial charge in [0.2, 0.25) is 0 Å². The zero-order chi connectivity index (χ0) is 19.2. The van der Waals surface area contributed by atoms with Crippen molar-refractivity contribution in [3.8, 4) is 0 Å². The summed E-state index contributed by atoms with van der Waals surface area (Å²) in [6.07, 6.45) is 5.00. The Balaban J connectivity index is 1.92. The maximum atomic E-state index is 13.1. The van der Waals surface area contributed by atoms with E-state index >= 15 is 0 Å². The molecule has 2 aromatic rings. The van der Waals surface area contributed by atoms with Gasteiger partial charge in [-0.3, -0.25) is 4.79 Å². The molecule has 0 heterocycles. The molecule has 2 atom stereocenters. The fourth-order valence-corrected chi connectivity index (χ4v) is 3.96. The Morgan fingerprint density at radius 2 is 2.00 bits per heavy atom. The lowest BCUT2D eigenvalue weighted by molar-refractivity contribution is -0.113. The predicted molar refractivity (Wildman–Crippen MR) is 106 cm³/mol. The Labute approximate surface area is 164 Å². The van der Waals surface area contributed by atoms with Gasteiger partial charge in [-0.25, -0.2) is 0 Å². The summed E-state index contributed by atoms with van der Waals surface area (Å²) in [6, 6.07) is 12.6. The summed E-state index contributed by atoms with van der Waals surface area (Å²) in [5, 5.41) is 3.61. The minimum atomic E-state index is -0.506. The first-order chi connectivity index (χ1) is 13.1. The molecular formula is C22H24ClNO3. The molecule has 1 N–H and O–H groups in total. The van der Waals surface area contributed by atoms with E-state index in [1.807, 2.05) is 24.3 Å². The van der Waals surface area contributed by atoms with E-state index in [1.54, 1.807) is 19.2 Å². The average Bonchev–Trinajstić information content (AvgIpc) is 2.70. The van der Waals surface area contributed by atoms with Crippen LogP contribution in [-0.2, 0) is 22.4 Å². The molecule has 0 aromatic heterocycles. The van der Waals surface area contributed by atoms with Gasteiger partial charge >= 0.3 is 0 Å². The molecule has 1 aliphatic rings. The van der Waals surface area contributed by atoms with E-state index in [0.29, 0.717) is 10.6 Å². The molecule has 0 saturated heterocycles. The molecule has 2 aromatic carbocycles. The number of aryl methyl sites for hydroxylation is 1. The molecule has 0 radical (unpaired) electrons. The lowest BCUT2D eigenvalue weighted by atomic mass is 9.87. The van der Waals surface area contributed by atoms with Crippen LogP contribution in [0.15, 0.2) is 42.5 Å². The summed E-state index contributed by atoms with van der Waals surface area (Å²) >= 11 is 6.13. The number of nitrogens with one attached hydrogen (secondary N) is 1. The van der Waals surface area contributed by atoms with Crippen LogP contribution in [-0.4, -0.2) is 25.9 Å². The highest BCUT2D eigenvalue weighted by Gasteiger charge is 2.27. The van der Waals surface area contributed by atoms with E-state index in [2.05, 4.69) is 11.4 Å². The van der Waals surface area contributed by atoms with Gasteiger partial charge in [-0.05, 0) is 60.6 Å². The molecule has 1 aliphatic carbocycles. The molecule has 0 bridgehead atoms. The quantitative estimate of drug-likeness (QED) is 0.728. The highest BCUT2D eigenvalue weighted by molar-refractivity contribution is 6.30. The second-order valence-corrected chi connectivity index (χ2v) is 7.35. The topological polar surface area (TPSA) is 55.4 Å². The summed E-state index contributed by atoms with van der Waals surface area (Å²) in [5.74, 6) is -0.668. The molecule has 3 rings (SSSR count). The SMILES string of the molecule is COCC(C=O)C(NC(=O)c1cccc2c1CCCC2)c1cccc(Cl)c1. The lowest BCUT2D eigenvalue weighted by Gasteiger charge is -2.26. The summed E-state index contributed by atoms with van der Waals surface area (Å²) in [5.41, 5.74) is 3.86. The fourth-order valence-electron chi connectivity index (χ4n) is 3.76. The first kappa shape index (κ1) is 19.6. The minimum absolute atomic E-state index is 0.165. The molecule has 5 heteroatoms. The van der Waals surface area contributed by atoms with E-state index in [1.165, 1.54) is 5.56 Å². The molecule has 4 nitrogen and oxygen atoms in total. The highest BCUT2D eigenvalue weighted by Crippen LogP contribution is 2.27. The summed E-state index contributed by atoms with van der Waals surface area (Å²) in [7, 11) is 1.54. The number of amides is 1. The van der Waals surface area contributed by atoms with Crippen LogP contribution in [0.2, 0.25) is 5.02 Å². The van der Waals surface area contributed by atoms with Crippen molar-refractivity contribution < 1.29 is 14.3 Å². The van der Waals surface area contributed by atoms with Gasteiger partial charge in [-0.1, -0.05) is 35.9 Å². The largest absolute Gasteiger partial charge is 0.384 e. The Morgan fingerprint density at radius 1 is 1.22 bits per heavy atom. The maximum Gasteiger partial charge on any atom is 0.252 e. The zero-order valence-electron chi connectivity index (χ0n) is 15.4. The van der Waals surface area contributed by atoms with Crippen molar-refractivity contribution in [2.45, 2.75) is 31.7 Å². The Hall–Kier alpha value is -2.17. The standard InChI is InChI=1S/C22H24ClNO3/c1-27-14-17(13-25)21(16-8-4-9-18(23)12-16)24-22(26)20-11-5-7-15-6-2-3-10-19(15)20/h4-5,7-9,11-13,17,21H,2-3,6,10,14H2,1H3,(H,24,26). The summed E-state index contributed by atoms with van der Waals surface area (Å²) < 4.78 is 5.19. The van der Waals surface area contributed by atoms with Crippen LogP contribution in [0.3, 0.4) is 0 Å². The molecule has 2 unspecified atom stereocenters. The number of rotatable bonds is 7. The number of aldehydes is 1. The number of ether oxygens (including phenoxy) is 1. The summed E-state index contributed by atoms with van der Waals surface area (Å²) in [6.45, 7) is 0.216. The Kier molecular flexibility index (Phi) is 6.64. The molecule has 0 aliphatic heterocycles. The molecule has 0 saturated carbocycles. The van der Waals surface area contributed by atoms with Gasteiger partial charge in [0.15, 0.2) is 0 Å². The number of carbonyl (C=O) groups excluding carboxylic acids is 2. The van der Waals surface area contributed by atoms with E-state index in [0.717, 1.165) is 43.1 Å². The second kappa shape index (κ2) is 9.16. The first-order valence-corrected chi connectivity index (χ1v) is 9.63. The van der Waals surface area contributed by atoms with Gasteiger partial charge in [0, 0.05) is 17.7 Å². The molecule has 0 fully saturated rings. The minimum Gasteiger partial charge on any atom is -0.384 e. The van der Waals surface area contributed by atoms with E-state index < -0.39 is 12.0 Å². The number of benzene rings is 2. The van der Waals surface area contributed by atoms with Crippen LogP contribution in [0.4, 0.5) is 0 Å². The summed E-state index contributed by atoms with van der Waals surface area (Å²) in [4.78, 5) is 24.8. The van der Waals surface area contributed by atoms with Crippen LogP contribution in [0.1, 0.15) is 45.9 Å². The van der Waals surface area contributed by atoms with Crippen molar-refractivity contribution in [1.82, 2.24) is 5.32 Å². The third-order valence-electron chi connectivity index (χ3n) is 5.10. The number of carbonyl (C=O) groups is 2. The number of fused-ring (bicyclic) bond motifs is 1. The third-order valence-corrected chi connectivity index (χ3v) is 5.33. The molecule has 1 amide bonds. The smallest absolute Gasteiger partial charge is 0.252 e.